The first-order valence-electron chi connectivity index (χ1n) is 10.7. The van der Waals surface area contributed by atoms with Gasteiger partial charge in [-0.15, -0.1) is 0 Å². The monoisotopic (exact) mass is 408 g/mol. The molecule has 0 spiro atoms. The number of likely N-dealkylation sites (tertiary alicyclic amines) is 1. The topological polar surface area (TPSA) is 58.6 Å². The molecule has 160 valence electrons. The molecule has 0 unspecified atom stereocenters. The smallest absolute Gasteiger partial charge is 0.410 e. The number of ether oxygens (including phenoxy) is 1. The molecule has 1 heterocycles. The van der Waals surface area contributed by atoms with Gasteiger partial charge in [-0.3, -0.25) is 9.69 Å². The van der Waals surface area contributed by atoms with Gasteiger partial charge in [-0.25, -0.2) is 4.79 Å². The zero-order valence-corrected chi connectivity index (χ0v) is 18.1. The maximum atomic E-state index is 13.0. The van der Waals surface area contributed by atoms with Crippen LogP contribution in [-0.2, 0) is 16.0 Å². The molecule has 0 radical (unpaired) electrons. The van der Waals surface area contributed by atoms with Gasteiger partial charge in [0.25, 0.3) is 0 Å². The van der Waals surface area contributed by atoms with E-state index >= 15 is 0 Å². The molecule has 0 bridgehead atoms. The van der Waals surface area contributed by atoms with Gasteiger partial charge in [-0.05, 0) is 51.2 Å². The summed E-state index contributed by atoms with van der Waals surface area (Å²) in [4.78, 5) is 27.0. The van der Waals surface area contributed by atoms with Gasteiger partial charge in [0.1, 0.15) is 11.6 Å². The summed E-state index contributed by atoms with van der Waals surface area (Å²) in [5, 5.41) is 3.10. The van der Waals surface area contributed by atoms with Crippen molar-refractivity contribution in [1.29, 1.82) is 0 Å². The molecular formula is C25H32N2O3. The van der Waals surface area contributed by atoms with E-state index in [2.05, 4.69) is 29.6 Å². The lowest BCUT2D eigenvalue weighted by Crippen LogP contribution is -2.48. The van der Waals surface area contributed by atoms with Gasteiger partial charge < -0.3 is 10.1 Å². The summed E-state index contributed by atoms with van der Waals surface area (Å²) in [5.74, 6) is 0.0567. The summed E-state index contributed by atoms with van der Waals surface area (Å²) < 4.78 is 5.48. The Morgan fingerprint density at radius 3 is 2.33 bits per heavy atom. The molecule has 0 aromatic heterocycles. The maximum absolute atomic E-state index is 13.0. The SMILES string of the molecule is CC(C)(C)OC(=O)N1CCC[C@@H]1C(=O)NC[C@H](Cc1ccccc1)c1ccccc1. The lowest BCUT2D eigenvalue weighted by molar-refractivity contribution is -0.125. The van der Waals surface area contributed by atoms with E-state index in [1.807, 2.05) is 57.2 Å². The van der Waals surface area contributed by atoms with Gasteiger partial charge in [-0.1, -0.05) is 60.7 Å². The normalized spacial score (nSPS) is 17.4. The van der Waals surface area contributed by atoms with Crippen LogP contribution in [0.15, 0.2) is 60.7 Å². The van der Waals surface area contributed by atoms with Crippen LogP contribution < -0.4 is 5.32 Å². The Balaban J connectivity index is 1.65. The minimum Gasteiger partial charge on any atom is -0.444 e. The average molecular weight is 409 g/mol. The molecule has 0 aliphatic carbocycles. The number of hydrogen-bond acceptors (Lipinski definition) is 3. The predicted molar refractivity (Wildman–Crippen MR) is 118 cm³/mol. The summed E-state index contributed by atoms with van der Waals surface area (Å²) >= 11 is 0. The van der Waals surface area contributed by atoms with Gasteiger partial charge in [0.2, 0.25) is 5.91 Å². The summed E-state index contributed by atoms with van der Waals surface area (Å²) in [7, 11) is 0. The van der Waals surface area contributed by atoms with Crippen molar-refractivity contribution in [2.24, 2.45) is 0 Å². The molecule has 5 nitrogen and oxygen atoms in total. The lowest BCUT2D eigenvalue weighted by Gasteiger charge is -2.28. The van der Waals surface area contributed by atoms with Crippen molar-refractivity contribution in [1.82, 2.24) is 10.2 Å². The van der Waals surface area contributed by atoms with Gasteiger partial charge in [-0.2, -0.15) is 0 Å². The number of nitrogens with one attached hydrogen (secondary N) is 1. The van der Waals surface area contributed by atoms with E-state index in [1.54, 1.807) is 4.90 Å². The van der Waals surface area contributed by atoms with E-state index in [9.17, 15) is 9.59 Å². The van der Waals surface area contributed by atoms with Crippen LogP contribution in [0, 0.1) is 0 Å². The quantitative estimate of drug-likeness (QED) is 0.764. The average Bonchev–Trinajstić information content (AvgIpc) is 3.21. The van der Waals surface area contributed by atoms with Crippen LogP contribution in [0.4, 0.5) is 4.79 Å². The van der Waals surface area contributed by atoms with E-state index in [1.165, 1.54) is 11.1 Å². The molecule has 3 rings (SSSR count). The van der Waals surface area contributed by atoms with E-state index < -0.39 is 17.7 Å². The number of carbonyl (C=O) groups excluding carboxylic acids is 2. The molecular weight excluding hydrogens is 376 g/mol. The van der Waals surface area contributed by atoms with Crippen LogP contribution in [0.3, 0.4) is 0 Å². The molecule has 1 saturated heterocycles. The van der Waals surface area contributed by atoms with Crippen LogP contribution in [0.25, 0.3) is 0 Å². The largest absolute Gasteiger partial charge is 0.444 e. The summed E-state index contributed by atoms with van der Waals surface area (Å²) in [6.07, 6.45) is 1.90. The molecule has 2 aromatic rings. The van der Waals surface area contributed by atoms with Crippen LogP contribution in [0.2, 0.25) is 0 Å². The Kier molecular flexibility index (Phi) is 7.14. The molecule has 1 N–H and O–H groups in total. The Morgan fingerprint density at radius 1 is 1.07 bits per heavy atom. The second-order valence-electron chi connectivity index (χ2n) is 8.87. The number of amides is 2. The summed E-state index contributed by atoms with van der Waals surface area (Å²) in [5.41, 5.74) is 1.85. The van der Waals surface area contributed by atoms with Crippen molar-refractivity contribution in [2.75, 3.05) is 13.1 Å². The van der Waals surface area contributed by atoms with Crippen molar-refractivity contribution in [3.63, 3.8) is 0 Å². The molecule has 1 fully saturated rings. The van der Waals surface area contributed by atoms with Crippen LogP contribution in [0.5, 0.6) is 0 Å². The molecule has 2 amide bonds. The zero-order valence-electron chi connectivity index (χ0n) is 18.1. The first kappa shape index (κ1) is 21.9. The van der Waals surface area contributed by atoms with Crippen molar-refractivity contribution in [3.05, 3.63) is 71.8 Å². The third-order valence-electron chi connectivity index (χ3n) is 5.30. The fourth-order valence-corrected chi connectivity index (χ4v) is 3.85. The predicted octanol–water partition coefficient (Wildman–Crippen LogP) is 4.53. The van der Waals surface area contributed by atoms with Crippen LogP contribution >= 0.6 is 0 Å². The molecule has 30 heavy (non-hydrogen) atoms. The van der Waals surface area contributed by atoms with Crippen molar-refractivity contribution < 1.29 is 14.3 Å². The van der Waals surface area contributed by atoms with Crippen molar-refractivity contribution >= 4 is 12.0 Å². The summed E-state index contributed by atoms with van der Waals surface area (Å²) in [6.45, 7) is 6.59. The fraction of sp³-hybridized carbons (Fsp3) is 0.440. The summed E-state index contributed by atoms with van der Waals surface area (Å²) in [6, 6.07) is 20.1. The van der Waals surface area contributed by atoms with Gasteiger partial charge >= 0.3 is 6.09 Å². The highest BCUT2D eigenvalue weighted by Gasteiger charge is 2.36. The number of carbonyl (C=O) groups is 2. The number of nitrogens with zero attached hydrogens (tertiary/aromatic N) is 1. The number of hydrogen-bond donors (Lipinski definition) is 1. The lowest BCUT2D eigenvalue weighted by atomic mass is 9.92. The fourth-order valence-electron chi connectivity index (χ4n) is 3.85. The van der Waals surface area contributed by atoms with Gasteiger partial charge in [0.05, 0.1) is 0 Å². The first-order valence-corrected chi connectivity index (χ1v) is 10.7. The second kappa shape index (κ2) is 9.79. The Labute approximate surface area is 179 Å². The highest BCUT2D eigenvalue weighted by atomic mass is 16.6. The first-order chi connectivity index (χ1) is 14.3. The molecule has 2 atom stereocenters. The Morgan fingerprint density at radius 2 is 1.70 bits per heavy atom. The maximum Gasteiger partial charge on any atom is 0.410 e. The van der Waals surface area contributed by atoms with Crippen LogP contribution in [0.1, 0.15) is 50.7 Å². The molecule has 0 saturated carbocycles. The third kappa shape index (κ3) is 6.09. The van der Waals surface area contributed by atoms with Gasteiger partial charge in [0, 0.05) is 19.0 Å². The van der Waals surface area contributed by atoms with Gasteiger partial charge in [0.15, 0.2) is 0 Å². The van der Waals surface area contributed by atoms with Crippen molar-refractivity contribution in [2.45, 2.75) is 57.6 Å². The molecule has 1 aliphatic heterocycles. The number of benzene rings is 2. The van der Waals surface area contributed by atoms with E-state index in [4.69, 9.17) is 4.74 Å². The van der Waals surface area contributed by atoms with Crippen molar-refractivity contribution in [3.8, 4) is 0 Å². The minimum atomic E-state index is -0.575. The standard InChI is InChI=1S/C25H32N2O3/c1-25(2,3)30-24(29)27-16-10-15-22(27)23(28)26-18-21(20-13-8-5-9-14-20)17-19-11-6-4-7-12-19/h4-9,11-14,21-22H,10,15-18H2,1-3H3,(H,26,28)/t21-,22+/m0/s1. The molecule has 5 heteroatoms. The zero-order chi connectivity index (χ0) is 21.6. The Bertz CT molecular complexity index is 830. The minimum absolute atomic E-state index is 0.104. The second-order valence-corrected chi connectivity index (χ2v) is 8.87. The molecule has 1 aliphatic rings. The highest BCUT2D eigenvalue weighted by molar-refractivity contribution is 5.86. The van der Waals surface area contributed by atoms with E-state index in [0.717, 1.165) is 12.8 Å². The highest BCUT2D eigenvalue weighted by Crippen LogP contribution is 2.23. The number of rotatable bonds is 6. The van der Waals surface area contributed by atoms with Crippen LogP contribution in [-0.4, -0.2) is 41.6 Å². The third-order valence-corrected chi connectivity index (χ3v) is 5.30. The van der Waals surface area contributed by atoms with E-state index in [0.29, 0.717) is 19.5 Å². The molecule has 2 aromatic carbocycles. The van der Waals surface area contributed by atoms with E-state index in [-0.39, 0.29) is 11.8 Å². The Hall–Kier alpha value is -2.82.